The van der Waals surface area contributed by atoms with Crippen LogP contribution in [0.25, 0.3) is 0 Å². The number of carbonyl (C=O) groups is 4. The number of hydrogen-bond acceptors (Lipinski definition) is 6. The first kappa shape index (κ1) is 20.4. The van der Waals surface area contributed by atoms with Crippen molar-refractivity contribution in [3.63, 3.8) is 0 Å². The monoisotopic (exact) mass is 446 g/mol. The van der Waals surface area contributed by atoms with Crippen molar-refractivity contribution in [2.75, 3.05) is 18.5 Å². The fourth-order valence-electron chi connectivity index (χ4n) is 5.55. The Hall–Kier alpha value is -2.49. The summed E-state index contributed by atoms with van der Waals surface area (Å²) in [7, 11) is 0. The highest BCUT2D eigenvalue weighted by Crippen LogP contribution is 2.54. The quantitative estimate of drug-likeness (QED) is 0.565. The van der Waals surface area contributed by atoms with E-state index in [1.165, 1.54) is 4.90 Å². The molecule has 0 aliphatic carbocycles. The summed E-state index contributed by atoms with van der Waals surface area (Å²) in [6.07, 6.45) is 1.75. The number of imide groups is 1. The Morgan fingerprint density at radius 1 is 1.29 bits per heavy atom. The van der Waals surface area contributed by atoms with Crippen molar-refractivity contribution in [2.45, 2.75) is 43.4 Å². The van der Waals surface area contributed by atoms with E-state index in [-0.39, 0.29) is 31.4 Å². The molecule has 9 nitrogen and oxygen atoms in total. The molecule has 0 bridgehead atoms. The standard InChI is InChI=1S/C21H23ClN4O5/c22-10-3-4-13-12(8-10)21(20(30)24-13)17-16(14(25-21)5-6-15(23)27)18(28)26(19(17)29)9-11-2-1-7-31-11/h3-4,8,11,14,16-17,25H,1-2,5-7,9H2,(H2,23,27)(H,24,30)/t11-,14-,16+,17-,21-/m0/s1. The summed E-state index contributed by atoms with van der Waals surface area (Å²) >= 11 is 6.21. The minimum absolute atomic E-state index is 0.0359. The number of nitrogens with one attached hydrogen (secondary N) is 2. The van der Waals surface area contributed by atoms with Crippen molar-refractivity contribution in [3.05, 3.63) is 28.8 Å². The molecular formula is C21H23ClN4O5. The number of hydrogen-bond donors (Lipinski definition) is 3. The summed E-state index contributed by atoms with van der Waals surface area (Å²) in [6, 6.07) is 4.43. The van der Waals surface area contributed by atoms with Crippen molar-refractivity contribution in [3.8, 4) is 0 Å². The van der Waals surface area contributed by atoms with Crippen LogP contribution in [0, 0.1) is 11.8 Å². The highest BCUT2D eigenvalue weighted by Gasteiger charge is 2.70. The van der Waals surface area contributed by atoms with Gasteiger partial charge in [-0.2, -0.15) is 0 Å². The summed E-state index contributed by atoms with van der Waals surface area (Å²) in [4.78, 5) is 52.9. The van der Waals surface area contributed by atoms with Gasteiger partial charge in [-0.1, -0.05) is 11.6 Å². The maximum Gasteiger partial charge on any atom is 0.250 e. The Balaban J connectivity index is 1.57. The van der Waals surface area contributed by atoms with Gasteiger partial charge < -0.3 is 15.8 Å². The lowest BCUT2D eigenvalue weighted by Crippen LogP contribution is -2.53. The first-order chi connectivity index (χ1) is 14.8. The molecule has 4 N–H and O–H groups in total. The number of benzene rings is 1. The zero-order valence-corrected chi connectivity index (χ0v) is 17.5. The molecule has 0 unspecified atom stereocenters. The fourth-order valence-corrected chi connectivity index (χ4v) is 5.72. The van der Waals surface area contributed by atoms with Gasteiger partial charge in [0.15, 0.2) is 0 Å². The summed E-state index contributed by atoms with van der Waals surface area (Å²) in [5, 5.41) is 6.49. The molecule has 5 rings (SSSR count). The van der Waals surface area contributed by atoms with E-state index >= 15 is 0 Å². The molecule has 3 fully saturated rings. The predicted molar refractivity (Wildman–Crippen MR) is 110 cm³/mol. The van der Waals surface area contributed by atoms with Gasteiger partial charge in [0.1, 0.15) is 5.54 Å². The van der Waals surface area contributed by atoms with E-state index in [2.05, 4.69) is 10.6 Å². The van der Waals surface area contributed by atoms with Crippen LogP contribution in [0.1, 0.15) is 31.2 Å². The van der Waals surface area contributed by atoms with Crippen LogP contribution in [0.2, 0.25) is 5.02 Å². The number of amides is 4. The van der Waals surface area contributed by atoms with E-state index in [1.807, 2.05) is 0 Å². The molecular weight excluding hydrogens is 424 g/mol. The molecule has 5 atom stereocenters. The van der Waals surface area contributed by atoms with Crippen molar-refractivity contribution in [2.24, 2.45) is 17.6 Å². The molecule has 3 saturated heterocycles. The van der Waals surface area contributed by atoms with Crippen molar-refractivity contribution < 1.29 is 23.9 Å². The molecule has 4 heterocycles. The van der Waals surface area contributed by atoms with Gasteiger partial charge in [-0.15, -0.1) is 0 Å². The maximum absolute atomic E-state index is 13.6. The topological polar surface area (TPSA) is 131 Å². The number of anilines is 1. The molecule has 1 aromatic carbocycles. The van der Waals surface area contributed by atoms with Crippen LogP contribution >= 0.6 is 11.6 Å². The second kappa shape index (κ2) is 7.29. The van der Waals surface area contributed by atoms with E-state index in [4.69, 9.17) is 22.1 Å². The van der Waals surface area contributed by atoms with E-state index in [0.29, 0.717) is 22.9 Å². The molecule has 0 saturated carbocycles. The van der Waals surface area contributed by atoms with Gasteiger partial charge in [0.05, 0.1) is 24.5 Å². The third-order valence-corrected chi connectivity index (χ3v) is 7.12. The SMILES string of the molecule is NC(=O)CC[C@@H]1N[C@]2(C(=O)Nc3ccc(Cl)cc32)[C@@H]2C(=O)N(C[C@@H]3CCCO3)C(=O)[C@H]12. The van der Waals surface area contributed by atoms with Crippen LogP contribution in [-0.2, 0) is 29.5 Å². The molecule has 4 aliphatic rings. The van der Waals surface area contributed by atoms with Crippen molar-refractivity contribution in [1.82, 2.24) is 10.2 Å². The summed E-state index contributed by atoms with van der Waals surface area (Å²) in [5.74, 6) is -3.36. The number of fused-ring (bicyclic) bond motifs is 4. The first-order valence-corrected chi connectivity index (χ1v) is 10.8. The maximum atomic E-state index is 13.6. The summed E-state index contributed by atoms with van der Waals surface area (Å²) in [6.45, 7) is 0.780. The summed E-state index contributed by atoms with van der Waals surface area (Å²) < 4.78 is 5.63. The number of ether oxygens (including phenoxy) is 1. The highest BCUT2D eigenvalue weighted by molar-refractivity contribution is 6.31. The number of nitrogens with two attached hydrogens (primary N) is 1. The van der Waals surface area contributed by atoms with Gasteiger partial charge in [-0.05, 0) is 37.5 Å². The third kappa shape index (κ3) is 2.98. The van der Waals surface area contributed by atoms with E-state index < -0.39 is 41.1 Å². The van der Waals surface area contributed by atoms with Gasteiger partial charge in [-0.3, -0.25) is 29.4 Å². The van der Waals surface area contributed by atoms with Gasteiger partial charge >= 0.3 is 0 Å². The van der Waals surface area contributed by atoms with Crippen molar-refractivity contribution >= 4 is 40.9 Å². The lowest BCUT2D eigenvalue weighted by atomic mass is 9.76. The number of primary amides is 1. The molecule has 31 heavy (non-hydrogen) atoms. The number of rotatable bonds is 5. The number of nitrogens with zero attached hydrogens (tertiary/aromatic N) is 1. The molecule has 164 valence electrons. The van der Waals surface area contributed by atoms with Crippen LogP contribution in [0.5, 0.6) is 0 Å². The van der Waals surface area contributed by atoms with Crippen LogP contribution < -0.4 is 16.4 Å². The molecule has 1 aromatic rings. The molecule has 10 heteroatoms. The van der Waals surface area contributed by atoms with E-state index in [1.54, 1.807) is 18.2 Å². The smallest absolute Gasteiger partial charge is 0.250 e. The Kier molecular flexibility index (Phi) is 4.80. The highest BCUT2D eigenvalue weighted by atomic mass is 35.5. The Morgan fingerprint density at radius 2 is 2.10 bits per heavy atom. The van der Waals surface area contributed by atoms with E-state index in [9.17, 15) is 19.2 Å². The predicted octanol–water partition coefficient (Wildman–Crippen LogP) is 0.505. The Bertz CT molecular complexity index is 994. The van der Waals surface area contributed by atoms with Crippen molar-refractivity contribution in [1.29, 1.82) is 0 Å². The van der Waals surface area contributed by atoms with Gasteiger partial charge in [-0.25, -0.2) is 0 Å². The van der Waals surface area contributed by atoms with Gasteiger partial charge in [0, 0.05) is 35.3 Å². The summed E-state index contributed by atoms with van der Waals surface area (Å²) in [5.41, 5.74) is 5.00. The second-order valence-electron chi connectivity index (χ2n) is 8.63. The minimum atomic E-state index is -1.43. The fraction of sp³-hybridized carbons (Fsp3) is 0.524. The minimum Gasteiger partial charge on any atom is -0.376 e. The Labute approximate surface area is 183 Å². The molecule has 1 spiro atoms. The Morgan fingerprint density at radius 3 is 2.81 bits per heavy atom. The normalized spacial score (nSPS) is 33.8. The van der Waals surface area contributed by atoms with Crippen LogP contribution in [0.15, 0.2) is 18.2 Å². The zero-order valence-electron chi connectivity index (χ0n) is 16.7. The molecule has 4 amide bonds. The largest absolute Gasteiger partial charge is 0.376 e. The average Bonchev–Trinajstić information content (AvgIpc) is 3.46. The number of halogens is 1. The zero-order chi connectivity index (χ0) is 21.9. The molecule has 0 aromatic heterocycles. The third-order valence-electron chi connectivity index (χ3n) is 6.88. The van der Waals surface area contributed by atoms with Gasteiger partial charge in [0.2, 0.25) is 23.6 Å². The average molecular weight is 447 g/mol. The second-order valence-corrected chi connectivity index (χ2v) is 9.07. The molecule has 0 radical (unpaired) electrons. The number of carbonyl (C=O) groups excluding carboxylic acids is 4. The van der Waals surface area contributed by atoms with Crippen LogP contribution in [0.4, 0.5) is 5.69 Å². The lowest BCUT2D eigenvalue weighted by Gasteiger charge is -2.30. The number of likely N-dealkylation sites (tertiary alicyclic amines) is 1. The first-order valence-electron chi connectivity index (χ1n) is 10.5. The van der Waals surface area contributed by atoms with Crippen LogP contribution in [0.3, 0.4) is 0 Å². The molecule has 4 aliphatic heterocycles. The van der Waals surface area contributed by atoms with E-state index in [0.717, 1.165) is 12.8 Å². The lowest BCUT2D eigenvalue weighted by molar-refractivity contribution is -0.144. The van der Waals surface area contributed by atoms with Gasteiger partial charge in [0.25, 0.3) is 0 Å². The van der Waals surface area contributed by atoms with Crippen LogP contribution in [-0.4, -0.2) is 53.8 Å².